The molecule has 0 aliphatic carbocycles. The molecule has 0 saturated heterocycles. The number of aryl methyl sites for hydroxylation is 1. The first-order chi connectivity index (χ1) is 7.22. The van der Waals surface area contributed by atoms with Crippen LogP contribution in [-0.4, -0.2) is 21.5 Å². The van der Waals surface area contributed by atoms with E-state index in [1.807, 2.05) is 0 Å². The van der Waals surface area contributed by atoms with Crippen LogP contribution >= 0.6 is 23.2 Å². The fraction of sp³-hybridized carbons (Fsp3) is 0.333. The second-order valence-corrected chi connectivity index (χ2v) is 4.02. The summed E-state index contributed by atoms with van der Waals surface area (Å²) in [5.74, 6) is 0. The van der Waals surface area contributed by atoms with Crippen molar-refractivity contribution in [1.82, 2.24) is 15.0 Å². The standard InChI is InChI=1S/C9H10Cl2N4/c10-6-4-8-9(5-7(6)11)15(14-13-8)3-1-2-12/h4-5H,1-3,12H2. The van der Waals surface area contributed by atoms with Gasteiger partial charge in [-0.25, -0.2) is 4.68 Å². The van der Waals surface area contributed by atoms with E-state index in [2.05, 4.69) is 10.3 Å². The summed E-state index contributed by atoms with van der Waals surface area (Å²) >= 11 is 11.8. The third-order valence-corrected chi connectivity index (χ3v) is 2.85. The van der Waals surface area contributed by atoms with E-state index >= 15 is 0 Å². The molecule has 0 bridgehead atoms. The van der Waals surface area contributed by atoms with E-state index in [9.17, 15) is 0 Å². The maximum atomic E-state index is 5.93. The first-order valence-electron chi connectivity index (χ1n) is 4.60. The maximum Gasteiger partial charge on any atom is 0.114 e. The first kappa shape index (κ1) is 10.7. The number of benzene rings is 1. The monoisotopic (exact) mass is 244 g/mol. The Balaban J connectivity index is 2.45. The van der Waals surface area contributed by atoms with Gasteiger partial charge < -0.3 is 5.73 Å². The van der Waals surface area contributed by atoms with Crippen molar-refractivity contribution in [3.8, 4) is 0 Å². The quantitative estimate of drug-likeness (QED) is 0.900. The van der Waals surface area contributed by atoms with E-state index < -0.39 is 0 Å². The van der Waals surface area contributed by atoms with E-state index in [1.165, 1.54) is 0 Å². The van der Waals surface area contributed by atoms with Gasteiger partial charge in [-0.05, 0) is 25.1 Å². The molecule has 4 nitrogen and oxygen atoms in total. The minimum atomic E-state index is 0.495. The second kappa shape index (κ2) is 4.35. The third kappa shape index (κ3) is 2.07. The van der Waals surface area contributed by atoms with Crippen LogP contribution in [0.25, 0.3) is 11.0 Å². The average molecular weight is 245 g/mol. The Bertz CT molecular complexity index is 480. The second-order valence-electron chi connectivity index (χ2n) is 3.21. The zero-order valence-corrected chi connectivity index (χ0v) is 9.46. The van der Waals surface area contributed by atoms with Gasteiger partial charge in [0.1, 0.15) is 5.52 Å². The van der Waals surface area contributed by atoms with Crippen LogP contribution in [0.1, 0.15) is 6.42 Å². The highest BCUT2D eigenvalue weighted by molar-refractivity contribution is 6.42. The zero-order chi connectivity index (χ0) is 10.8. The molecule has 2 aromatic rings. The van der Waals surface area contributed by atoms with Crippen molar-refractivity contribution in [2.45, 2.75) is 13.0 Å². The first-order valence-corrected chi connectivity index (χ1v) is 5.36. The largest absolute Gasteiger partial charge is 0.330 e. The minimum absolute atomic E-state index is 0.495. The average Bonchev–Trinajstić information content (AvgIpc) is 2.59. The third-order valence-electron chi connectivity index (χ3n) is 2.13. The molecule has 1 aromatic carbocycles. The number of hydrogen-bond acceptors (Lipinski definition) is 3. The fourth-order valence-electron chi connectivity index (χ4n) is 1.37. The summed E-state index contributed by atoms with van der Waals surface area (Å²) in [7, 11) is 0. The van der Waals surface area contributed by atoms with Crippen LogP contribution in [-0.2, 0) is 6.54 Å². The van der Waals surface area contributed by atoms with E-state index in [1.54, 1.807) is 16.8 Å². The van der Waals surface area contributed by atoms with E-state index in [0.29, 0.717) is 16.6 Å². The van der Waals surface area contributed by atoms with Gasteiger partial charge in [-0.3, -0.25) is 0 Å². The molecule has 0 saturated carbocycles. The molecular weight excluding hydrogens is 235 g/mol. The summed E-state index contributed by atoms with van der Waals surface area (Å²) in [5, 5.41) is 9.02. The van der Waals surface area contributed by atoms with Gasteiger partial charge >= 0.3 is 0 Å². The molecule has 0 atom stereocenters. The van der Waals surface area contributed by atoms with E-state index in [0.717, 1.165) is 24.0 Å². The molecule has 1 aromatic heterocycles. The molecule has 0 spiro atoms. The van der Waals surface area contributed by atoms with Crippen molar-refractivity contribution in [2.75, 3.05) is 6.54 Å². The number of fused-ring (bicyclic) bond motifs is 1. The predicted octanol–water partition coefficient (Wildman–Crippen LogP) is 2.09. The number of rotatable bonds is 3. The Kier molecular flexibility index (Phi) is 3.09. The topological polar surface area (TPSA) is 56.7 Å². The lowest BCUT2D eigenvalue weighted by atomic mass is 10.3. The Labute approximate surface area is 96.9 Å². The smallest absolute Gasteiger partial charge is 0.114 e. The van der Waals surface area contributed by atoms with Crippen molar-refractivity contribution in [3.63, 3.8) is 0 Å². The number of halogens is 2. The normalized spacial score (nSPS) is 11.1. The Morgan fingerprint density at radius 3 is 2.73 bits per heavy atom. The zero-order valence-electron chi connectivity index (χ0n) is 7.95. The van der Waals surface area contributed by atoms with Gasteiger partial charge in [0.2, 0.25) is 0 Å². The van der Waals surface area contributed by atoms with Crippen LogP contribution in [0.5, 0.6) is 0 Å². The van der Waals surface area contributed by atoms with Crippen LogP contribution < -0.4 is 5.73 Å². The highest BCUT2D eigenvalue weighted by Crippen LogP contribution is 2.26. The maximum absolute atomic E-state index is 5.93. The van der Waals surface area contributed by atoms with Gasteiger partial charge in [0.25, 0.3) is 0 Å². The molecule has 2 rings (SSSR count). The van der Waals surface area contributed by atoms with Gasteiger partial charge in [-0.1, -0.05) is 28.4 Å². The van der Waals surface area contributed by atoms with Crippen LogP contribution in [0.3, 0.4) is 0 Å². The minimum Gasteiger partial charge on any atom is -0.330 e. The molecule has 6 heteroatoms. The SMILES string of the molecule is NCCCn1nnc2cc(Cl)c(Cl)cc21. The predicted molar refractivity (Wildman–Crippen MR) is 61.2 cm³/mol. The highest BCUT2D eigenvalue weighted by atomic mass is 35.5. The Morgan fingerprint density at radius 1 is 1.27 bits per heavy atom. The Hall–Kier alpha value is -0.840. The number of nitrogens with two attached hydrogens (primary N) is 1. The van der Waals surface area contributed by atoms with Gasteiger partial charge in [0.15, 0.2) is 0 Å². The molecule has 1 heterocycles. The molecule has 2 N–H and O–H groups in total. The molecular formula is C9H10Cl2N4. The molecule has 80 valence electrons. The lowest BCUT2D eigenvalue weighted by Crippen LogP contribution is -2.06. The molecule has 0 aliphatic heterocycles. The summed E-state index contributed by atoms with van der Waals surface area (Å²) in [4.78, 5) is 0. The summed E-state index contributed by atoms with van der Waals surface area (Å²) < 4.78 is 1.78. The van der Waals surface area contributed by atoms with Crippen molar-refractivity contribution in [1.29, 1.82) is 0 Å². The lowest BCUT2D eigenvalue weighted by molar-refractivity contribution is 0.579. The number of aromatic nitrogens is 3. The van der Waals surface area contributed by atoms with Crippen LogP contribution in [0, 0.1) is 0 Å². The molecule has 15 heavy (non-hydrogen) atoms. The molecule has 0 unspecified atom stereocenters. The lowest BCUT2D eigenvalue weighted by Gasteiger charge is -2.01. The van der Waals surface area contributed by atoms with Gasteiger partial charge in [-0.15, -0.1) is 5.10 Å². The number of hydrogen-bond donors (Lipinski definition) is 1. The summed E-state index contributed by atoms with van der Waals surface area (Å²) in [6.45, 7) is 1.37. The fourth-order valence-corrected chi connectivity index (χ4v) is 1.69. The highest BCUT2D eigenvalue weighted by Gasteiger charge is 2.07. The van der Waals surface area contributed by atoms with Crippen molar-refractivity contribution < 1.29 is 0 Å². The number of nitrogens with zero attached hydrogens (tertiary/aromatic N) is 3. The van der Waals surface area contributed by atoms with Crippen LogP contribution in [0.15, 0.2) is 12.1 Å². The van der Waals surface area contributed by atoms with Crippen LogP contribution in [0.4, 0.5) is 0 Å². The van der Waals surface area contributed by atoms with Gasteiger partial charge in [0.05, 0.1) is 15.6 Å². The summed E-state index contributed by atoms with van der Waals surface area (Å²) in [6, 6.07) is 3.49. The van der Waals surface area contributed by atoms with Crippen LogP contribution in [0.2, 0.25) is 10.0 Å². The Morgan fingerprint density at radius 2 is 2.00 bits per heavy atom. The van der Waals surface area contributed by atoms with Crippen molar-refractivity contribution in [2.24, 2.45) is 5.73 Å². The molecule has 0 fully saturated rings. The van der Waals surface area contributed by atoms with Crippen molar-refractivity contribution in [3.05, 3.63) is 22.2 Å². The molecule has 0 aliphatic rings. The summed E-state index contributed by atoms with van der Waals surface area (Å²) in [6.07, 6.45) is 0.860. The van der Waals surface area contributed by atoms with E-state index in [4.69, 9.17) is 28.9 Å². The van der Waals surface area contributed by atoms with Crippen molar-refractivity contribution >= 4 is 34.2 Å². The van der Waals surface area contributed by atoms with E-state index in [-0.39, 0.29) is 0 Å². The molecule has 0 radical (unpaired) electrons. The molecule has 0 amide bonds. The van der Waals surface area contributed by atoms with Gasteiger partial charge in [-0.2, -0.15) is 0 Å². The van der Waals surface area contributed by atoms with Gasteiger partial charge in [0, 0.05) is 6.54 Å². The summed E-state index contributed by atoms with van der Waals surface area (Å²) in [5.41, 5.74) is 7.07.